The molecule has 0 spiro atoms. The standard InChI is InChI=1S/C15H20Cl3NO2/c1-15(2,19)10(5-4-8-16)14(20)9-6-7-11(21-3)13(18)12(9)17/h6-7,10H,4-5,8,19H2,1-3H3. The van der Waals surface area contributed by atoms with Crippen molar-refractivity contribution in [1.82, 2.24) is 0 Å². The highest BCUT2D eigenvalue weighted by molar-refractivity contribution is 6.44. The molecule has 1 unspecified atom stereocenters. The highest BCUT2D eigenvalue weighted by Gasteiger charge is 2.33. The molecule has 0 aliphatic rings. The summed E-state index contributed by atoms with van der Waals surface area (Å²) < 4.78 is 5.08. The number of nitrogens with two attached hydrogens (primary N) is 1. The average Bonchev–Trinajstić information content (AvgIpc) is 2.40. The number of benzene rings is 1. The molecule has 0 aromatic heterocycles. The fourth-order valence-corrected chi connectivity index (χ4v) is 2.84. The molecule has 0 amide bonds. The van der Waals surface area contributed by atoms with Crippen LogP contribution >= 0.6 is 34.8 Å². The van der Waals surface area contributed by atoms with Gasteiger partial charge in [0.25, 0.3) is 0 Å². The van der Waals surface area contributed by atoms with E-state index in [1.807, 2.05) is 13.8 Å². The Morgan fingerprint density at radius 1 is 1.33 bits per heavy atom. The van der Waals surface area contributed by atoms with Crippen LogP contribution in [-0.2, 0) is 0 Å². The molecule has 118 valence electrons. The van der Waals surface area contributed by atoms with Gasteiger partial charge in [-0.2, -0.15) is 0 Å². The van der Waals surface area contributed by atoms with Gasteiger partial charge >= 0.3 is 0 Å². The lowest BCUT2D eigenvalue weighted by Crippen LogP contribution is -2.45. The Bertz CT molecular complexity index is 512. The van der Waals surface area contributed by atoms with Gasteiger partial charge < -0.3 is 10.5 Å². The van der Waals surface area contributed by atoms with Crippen molar-refractivity contribution < 1.29 is 9.53 Å². The Morgan fingerprint density at radius 2 is 1.95 bits per heavy atom. The van der Waals surface area contributed by atoms with Gasteiger partial charge in [-0.05, 0) is 38.8 Å². The number of ether oxygens (including phenoxy) is 1. The van der Waals surface area contributed by atoms with Crippen molar-refractivity contribution in [2.75, 3.05) is 13.0 Å². The second kappa shape index (κ2) is 7.68. The number of carbonyl (C=O) groups excluding carboxylic acids is 1. The van der Waals surface area contributed by atoms with Gasteiger partial charge in [-0.15, -0.1) is 11.6 Å². The number of halogens is 3. The molecule has 0 saturated heterocycles. The fraction of sp³-hybridized carbons (Fsp3) is 0.533. The summed E-state index contributed by atoms with van der Waals surface area (Å²) in [6.45, 7) is 3.64. The molecule has 0 saturated carbocycles. The third kappa shape index (κ3) is 4.49. The number of rotatable bonds is 7. The van der Waals surface area contributed by atoms with Crippen molar-refractivity contribution in [2.45, 2.75) is 32.2 Å². The van der Waals surface area contributed by atoms with Crippen LogP contribution in [0.4, 0.5) is 0 Å². The molecule has 0 bridgehead atoms. The predicted octanol–water partition coefficient (Wildman–Crippen LogP) is 4.56. The zero-order chi connectivity index (χ0) is 16.2. The van der Waals surface area contributed by atoms with Crippen LogP contribution in [0.25, 0.3) is 0 Å². The summed E-state index contributed by atoms with van der Waals surface area (Å²) in [5.41, 5.74) is 5.83. The van der Waals surface area contributed by atoms with Crippen LogP contribution in [0.2, 0.25) is 10.0 Å². The van der Waals surface area contributed by atoms with Crippen LogP contribution in [0.5, 0.6) is 5.75 Å². The van der Waals surface area contributed by atoms with E-state index in [1.165, 1.54) is 7.11 Å². The van der Waals surface area contributed by atoms with E-state index in [-0.39, 0.29) is 21.7 Å². The third-order valence-electron chi connectivity index (χ3n) is 3.37. The van der Waals surface area contributed by atoms with Crippen LogP contribution in [0.15, 0.2) is 12.1 Å². The quantitative estimate of drug-likeness (QED) is 0.578. The summed E-state index contributed by atoms with van der Waals surface area (Å²) in [5.74, 6) is 0.416. The largest absolute Gasteiger partial charge is 0.495 e. The van der Waals surface area contributed by atoms with Gasteiger partial charge in [-0.3, -0.25) is 4.79 Å². The zero-order valence-electron chi connectivity index (χ0n) is 12.4. The minimum absolute atomic E-state index is 0.123. The van der Waals surface area contributed by atoms with Crippen molar-refractivity contribution in [2.24, 2.45) is 11.7 Å². The summed E-state index contributed by atoms with van der Waals surface area (Å²) in [4.78, 5) is 12.8. The normalized spacial score (nSPS) is 13.1. The van der Waals surface area contributed by atoms with E-state index in [0.29, 0.717) is 30.0 Å². The number of ketones is 1. The van der Waals surface area contributed by atoms with Crippen molar-refractivity contribution in [3.05, 3.63) is 27.7 Å². The predicted molar refractivity (Wildman–Crippen MR) is 89.1 cm³/mol. The molecule has 0 heterocycles. The Morgan fingerprint density at radius 3 is 2.43 bits per heavy atom. The second-order valence-electron chi connectivity index (χ2n) is 5.51. The molecule has 6 heteroatoms. The third-order valence-corrected chi connectivity index (χ3v) is 4.51. The first-order valence-corrected chi connectivity index (χ1v) is 7.94. The van der Waals surface area contributed by atoms with E-state index >= 15 is 0 Å². The van der Waals surface area contributed by atoms with E-state index < -0.39 is 5.54 Å². The van der Waals surface area contributed by atoms with Gasteiger partial charge in [0.05, 0.1) is 12.1 Å². The van der Waals surface area contributed by atoms with Crippen LogP contribution in [-0.4, -0.2) is 24.3 Å². The summed E-state index contributed by atoms with van der Waals surface area (Å²) in [7, 11) is 1.49. The molecule has 1 atom stereocenters. The summed E-state index contributed by atoms with van der Waals surface area (Å²) in [6.07, 6.45) is 1.31. The lowest BCUT2D eigenvalue weighted by molar-refractivity contribution is 0.0857. The van der Waals surface area contributed by atoms with Gasteiger partial charge in [0.15, 0.2) is 5.78 Å². The fourth-order valence-electron chi connectivity index (χ4n) is 2.19. The molecule has 0 aliphatic heterocycles. The molecule has 1 aromatic carbocycles. The number of methoxy groups -OCH3 is 1. The Hall–Kier alpha value is -0.480. The van der Waals surface area contributed by atoms with Gasteiger partial charge in [0.1, 0.15) is 10.8 Å². The Kier molecular flexibility index (Phi) is 6.79. The first-order chi connectivity index (χ1) is 9.73. The first kappa shape index (κ1) is 18.6. The molecule has 0 radical (unpaired) electrons. The molecule has 3 nitrogen and oxygen atoms in total. The molecule has 1 aromatic rings. The second-order valence-corrected chi connectivity index (χ2v) is 6.65. The number of hydrogen-bond acceptors (Lipinski definition) is 3. The topological polar surface area (TPSA) is 52.3 Å². The van der Waals surface area contributed by atoms with E-state index in [4.69, 9.17) is 45.3 Å². The van der Waals surface area contributed by atoms with E-state index in [9.17, 15) is 4.79 Å². The highest BCUT2D eigenvalue weighted by Crippen LogP contribution is 2.37. The maximum Gasteiger partial charge on any atom is 0.169 e. The maximum atomic E-state index is 12.8. The van der Waals surface area contributed by atoms with Gasteiger partial charge in [0.2, 0.25) is 0 Å². The molecule has 1 rings (SSSR count). The summed E-state index contributed by atoms with van der Waals surface area (Å²) >= 11 is 18.0. The maximum absolute atomic E-state index is 12.8. The summed E-state index contributed by atoms with van der Waals surface area (Å²) in [5, 5.41) is 0.428. The molecule has 0 fully saturated rings. The molecule has 0 aliphatic carbocycles. The van der Waals surface area contributed by atoms with Crippen LogP contribution in [0.3, 0.4) is 0 Å². The molecule has 21 heavy (non-hydrogen) atoms. The number of carbonyl (C=O) groups is 1. The zero-order valence-corrected chi connectivity index (χ0v) is 14.6. The van der Waals surface area contributed by atoms with Crippen molar-refractivity contribution >= 4 is 40.6 Å². The van der Waals surface area contributed by atoms with E-state index in [2.05, 4.69) is 0 Å². The molecular weight excluding hydrogens is 333 g/mol. The van der Waals surface area contributed by atoms with Crippen molar-refractivity contribution in [3.63, 3.8) is 0 Å². The smallest absolute Gasteiger partial charge is 0.169 e. The number of alkyl halides is 1. The number of hydrogen-bond donors (Lipinski definition) is 1. The Balaban J connectivity index is 3.18. The minimum atomic E-state index is -0.668. The van der Waals surface area contributed by atoms with Crippen molar-refractivity contribution in [3.8, 4) is 5.75 Å². The number of Topliss-reactive ketones (excluding diaryl/α,β-unsaturated/α-hetero) is 1. The van der Waals surface area contributed by atoms with Crippen LogP contribution in [0.1, 0.15) is 37.0 Å². The first-order valence-electron chi connectivity index (χ1n) is 6.65. The monoisotopic (exact) mass is 351 g/mol. The SMILES string of the molecule is COc1ccc(C(=O)C(CCCCl)C(C)(C)N)c(Cl)c1Cl. The van der Waals surface area contributed by atoms with Gasteiger partial charge in [-0.1, -0.05) is 23.2 Å². The van der Waals surface area contributed by atoms with Crippen molar-refractivity contribution in [1.29, 1.82) is 0 Å². The summed E-state index contributed by atoms with van der Waals surface area (Å²) in [6, 6.07) is 3.25. The van der Waals surface area contributed by atoms with Gasteiger partial charge in [-0.25, -0.2) is 0 Å². The lowest BCUT2D eigenvalue weighted by Gasteiger charge is -2.29. The average molecular weight is 353 g/mol. The van der Waals surface area contributed by atoms with E-state index in [0.717, 1.165) is 0 Å². The highest BCUT2D eigenvalue weighted by atomic mass is 35.5. The molecule has 2 N–H and O–H groups in total. The minimum Gasteiger partial charge on any atom is -0.495 e. The molecular formula is C15H20Cl3NO2. The van der Waals surface area contributed by atoms with E-state index in [1.54, 1.807) is 12.1 Å². The van der Waals surface area contributed by atoms with Crippen LogP contribution < -0.4 is 10.5 Å². The van der Waals surface area contributed by atoms with Gasteiger partial charge in [0, 0.05) is 22.9 Å². The van der Waals surface area contributed by atoms with Crippen LogP contribution in [0, 0.1) is 5.92 Å². The Labute approximate surface area is 140 Å². The lowest BCUT2D eigenvalue weighted by atomic mass is 9.79.